The average Bonchev–Trinajstić information content (AvgIpc) is 2.85. The summed E-state index contributed by atoms with van der Waals surface area (Å²) >= 11 is 6.00. The Labute approximate surface area is 200 Å². The highest BCUT2D eigenvalue weighted by Crippen LogP contribution is 2.28. The Balaban J connectivity index is 1.63. The first-order valence-electron chi connectivity index (χ1n) is 10.2. The largest absolute Gasteiger partial charge is 0.378 e. The number of hydrogen-bond acceptors (Lipinski definition) is 7. The summed E-state index contributed by atoms with van der Waals surface area (Å²) in [6, 6.07) is 10.3. The second kappa shape index (κ2) is 9.88. The highest BCUT2D eigenvalue weighted by atomic mass is 35.5. The van der Waals surface area contributed by atoms with Crippen molar-refractivity contribution in [2.45, 2.75) is 4.90 Å². The summed E-state index contributed by atoms with van der Waals surface area (Å²) in [7, 11) is -4.29. The van der Waals surface area contributed by atoms with Crippen LogP contribution in [0.3, 0.4) is 0 Å². The second-order valence-electron chi connectivity index (χ2n) is 7.41. The van der Waals surface area contributed by atoms with Crippen LogP contribution in [0, 0.1) is 5.82 Å². The van der Waals surface area contributed by atoms with Crippen LogP contribution in [0.4, 0.5) is 15.8 Å². The van der Waals surface area contributed by atoms with Crippen molar-refractivity contribution < 1.29 is 27.1 Å². The van der Waals surface area contributed by atoms with Gasteiger partial charge in [0, 0.05) is 36.1 Å². The first kappa shape index (κ1) is 23.8. The highest BCUT2D eigenvalue weighted by Gasteiger charge is 2.25. The molecule has 0 atom stereocenters. The number of nitrogens with zero attached hydrogens (tertiary/aromatic N) is 2. The Morgan fingerprint density at radius 3 is 2.50 bits per heavy atom. The van der Waals surface area contributed by atoms with Gasteiger partial charge in [0.15, 0.2) is 0 Å². The lowest BCUT2D eigenvalue weighted by Gasteiger charge is -2.29. The topological polar surface area (TPSA) is 106 Å². The predicted octanol–water partition coefficient (Wildman–Crippen LogP) is 3.58. The molecular weight excluding hydrogens is 485 g/mol. The molecule has 0 bridgehead atoms. The number of rotatable bonds is 7. The smallest absolute Gasteiger partial charge is 0.262 e. The average molecular weight is 504 g/mol. The number of halogens is 2. The van der Waals surface area contributed by atoms with Gasteiger partial charge in [0.1, 0.15) is 5.82 Å². The number of sulfonamides is 1. The van der Waals surface area contributed by atoms with E-state index in [-0.39, 0.29) is 32.4 Å². The maximum atomic E-state index is 14.8. The fourth-order valence-corrected chi connectivity index (χ4v) is 4.73. The van der Waals surface area contributed by atoms with Gasteiger partial charge in [-0.25, -0.2) is 12.8 Å². The van der Waals surface area contributed by atoms with Gasteiger partial charge in [0.25, 0.3) is 10.0 Å². The van der Waals surface area contributed by atoms with Crippen molar-refractivity contribution >= 4 is 44.6 Å². The molecule has 1 N–H and O–H groups in total. The van der Waals surface area contributed by atoms with Gasteiger partial charge in [-0.05, 0) is 48.5 Å². The third-order valence-electron chi connectivity index (χ3n) is 5.18. The Kier molecular flexibility index (Phi) is 6.92. The molecule has 0 spiro atoms. The van der Waals surface area contributed by atoms with Crippen molar-refractivity contribution in [3.05, 3.63) is 82.9 Å². The summed E-state index contributed by atoms with van der Waals surface area (Å²) in [6.45, 7) is 1.88. The second-order valence-corrected chi connectivity index (χ2v) is 9.53. The number of ether oxygens (including phenoxy) is 1. The number of Topliss-reactive ketones (excluding diaryl/α,β-unsaturated/α-hetero) is 2. The van der Waals surface area contributed by atoms with E-state index in [0.29, 0.717) is 26.3 Å². The van der Waals surface area contributed by atoms with Crippen LogP contribution in [0.25, 0.3) is 0 Å². The molecule has 0 saturated carbocycles. The van der Waals surface area contributed by atoms with Gasteiger partial charge < -0.3 is 9.64 Å². The van der Waals surface area contributed by atoms with E-state index in [9.17, 15) is 22.4 Å². The van der Waals surface area contributed by atoms with Crippen LogP contribution < -0.4 is 9.62 Å². The number of benzene rings is 2. The lowest BCUT2D eigenvalue weighted by Crippen LogP contribution is -2.36. The molecular formula is C23H19ClFN3O5S. The van der Waals surface area contributed by atoms with Crippen LogP contribution >= 0.6 is 11.6 Å². The van der Waals surface area contributed by atoms with E-state index >= 15 is 0 Å². The van der Waals surface area contributed by atoms with Crippen LogP contribution in [0.1, 0.15) is 20.7 Å². The van der Waals surface area contributed by atoms with Crippen molar-refractivity contribution in [3.8, 4) is 0 Å². The number of anilines is 2. The van der Waals surface area contributed by atoms with E-state index < -0.39 is 27.4 Å². The van der Waals surface area contributed by atoms with E-state index in [2.05, 4.69) is 9.71 Å². The number of pyridine rings is 1. The van der Waals surface area contributed by atoms with E-state index in [1.807, 2.05) is 0 Å². The van der Waals surface area contributed by atoms with Crippen LogP contribution in [0.15, 0.2) is 65.8 Å². The van der Waals surface area contributed by atoms with Crippen molar-refractivity contribution in [2.24, 2.45) is 0 Å². The third kappa shape index (κ3) is 5.09. The lowest BCUT2D eigenvalue weighted by molar-refractivity contribution is 0.0817. The SMILES string of the molecule is O=C(C(=O)c1cc(Cl)ccc1NS(=O)(=O)c1ccc(N2CCOCC2)c(F)c1)c1cccnc1. The van der Waals surface area contributed by atoms with Gasteiger partial charge in [-0.15, -0.1) is 0 Å². The molecule has 3 aromatic rings. The van der Waals surface area contributed by atoms with Gasteiger partial charge in [-0.2, -0.15) is 0 Å². The van der Waals surface area contributed by atoms with Crippen LogP contribution in [-0.2, 0) is 14.8 Å². The van der Waals surface area contributed by atoms with Crippen molar-refractivity contribution in [1.29, 1.82) is 0 Å². The van der Waals surface area contributed by atoms with Gasteiger partial charge in [0.2, 0.25) is 11.6 Å². The van der Waals surface area contributed by atoms with E-state index in [1.165, 1.54) is 54.9 Å². The molecule has 2 aromatic carbocycles. The van der Waals surface area contributed by atoms with Crippen LogP contribution in [-0.4, -0.2) is 51.3 Å². The third-order valence-corrected chi connectivity index (χ3v) is 6.78. The van der Waals surface area contributed by atoms with Crippen molar-refractivity contribution in [2.75, 3.05) is 35.9 Å². The van der Waals surface area contributed by atoms with E-state index in [0.717, 1.165) is 6.07 Å². The minimum absolute atomic E-state index is 0.0436. The fraction of sp³-hybridized carbons (Fsp3) is 0.174. The van der Waals surface area contributed by atoms with Gasteiger partial charge in [-0.1, -0.05) is 11.6 Å². The molecule has 1 aliphatic heterocycles. The number of aromatic nitrogens is 1. The number of carbonyl (C=O) groups is 2. The van der Waals surface area contributed by atoms with Gasteiger partial charge in [0.05, 0.1) is 35.0 Å². The van der Waals surface area contributed by atoms with Gasteiger partial charge in [-0.3, -0.25) is 19.3 Å². The Hall–Kier alpha value is -3.34. The molecule has 1 aliphatic rings. The number of nitrogens with one attached hydrogen (secondary N) is 1. The molecule has 2 heterocycles. The fourth-order valence-electron chi connectivity index (χ4n) is 3.46. The highest BCUT2D eigenvalue weighted by molar-refractivity contribution is 7.92. The molecule has 4 rings (SSSR count). The zero-order valence-electron chi connectivity index (χ0n) is 17.7. The normalized spacial score (nSPS) is 14.0. The van der Waals surface area contributed by atoms with Crippen LogP contribution in [0.2, 0.25) is 5.02 Å². The zero-order valence-corrected chi connectivity index (χ0v) is 19.3. The summed E-state index contributed by atoms with van der Waals surface area (Å²) in [5.74, 6) is -2.55. The first-order valence-corrected chi connectivity index (χ1v) is 12.1. The maximum Gasteiger partial charge on any atom is 0.262 e. The summed E-state index contributed by atoms with van der Waals surface area (Å²) in [4.78, 5) is 30.7. The van der Waals surface area contributed by atoms with Gasteiger partial charge >= 0.3 is 0 Å². The summed E-state index contributed by atoms with van der Waals surface area (Å²) in [5, 5.41) is 0.131. The minimum atomic E-state index is -4.29. The number of morpholine rings is 1. The number of ketones is 2. The predicted molar refractivity (Wildman–Crippen MR) is 125 cm³/mol. The molecule has 11 heteroatoms. The molecule has 0 radical (unpaired) electrons. The molecule has 176 valence electrons. The Bertz CT molecular complexity index is 1350. The quantitative estimate of drug-likeness (QED) is 0.388. The number of hydrogen-bond donors (Lipinski definition) is 1. The zero-order chi connectivity index (χ0) is 24.3. The lowest BCUT2D eigenvalue weighted by atomic mass is 10.0. The maximum absolute atomic E-state index is 14.8. The molecule has 1 saturated heterocycles. The Morgan fingerprint density at radius 2 is 1.82 bits per heavy atom. The van der Waals surface area contributed by atoms with E-state index in [4.69, 9.17) is 16.3 Å². The molecule has 0 aliphatic carbocycles. The van der Waals surface area contributed by atoms with Crippen LogP contribution in [0.5, 0.6) is 0 Å². The molecule has 0 amide bonds. The Morgan fingerprint density at radius 1 is 1.06 bits per heavy atom. The summed E-state index contributed by atoms with van der Waals surface area (Å²) in [5.41, 5.74) is -0.0895. The van der Waals surface area contributed by atoms with E-state index in [1.54, 1.807) is 4.90 Å². The molecule has 1 aromatic heterocycles. The minimum Gasteiger partial charge on any atom is -0.378 e. The van der Waals surface area contributed by atoms with Crippen molar-refractivity contribution in [3.63, 3.8) is 0 Å². The molecule has 1 fully saturated rings. The summed E-state index contributed by atoms with van der Waals surface area (Å²) < 4.78 is 48.3. The first-order chi connectivity index (χ1) is 16.3. The summed E-state index contributed by atoms with van der Waals surface area (Å²) in [6.07, 6.45) is 2.68. The molecule has 34 heavy (non-hydrogen) atoms. The monoisotopic (exact) mass is 503 g/mol. The molecule has 0 unspecified atom stereocenters. The number of carbonyl (C=O) groups excluding carboxylic acids is 2. The molecule has 8 nitrogen and oxygen atoms in total. The van der Waals surface area contributed by atoms with Crippen molar-refractivity contribution in [1.82, 2.24) is 4.98 Å². The standard InChI is InChI=1S/C23H19ClFN3O5S/c24-16-3-5-20(18(12-16)23(30)22(29)15-2-1-7-26-14-15)27-34(31,32)17-4-6-21(19(25)13-17)28-8-10-33-11-9-28/h1-7,12-14,27H,8-11H2.